The Balaban J connectivity index is 1.62. The first-order valence-corrected chi connectivity index (χ1v) is 9.39. The summed E-state index contributed by atoms with van der Waals surface area (Å²) in [4.78, 5) is 16.1. The molecule has 3 rings (SSSR count). The summed E-state index contributed by atoms with van der Waals surface area (Å²) in [7, 11) is 0. The Hall–Kier alpha value is -3.20. The number of ether oxygens (including phenoxy) is 1. The number of allylic oxidation sites excluding steroid dienone is 1. The van der Waals surface area contributed by atoms with Crippen LogP contribution in [0.5, 0.6) is 5.75 Å². The third-order valence-electron chi connectivity index (χ3n) is 3.58. The molecule has 28 heavy (non-hydrogen) atoms. The van der Waals surface area contributed by atoms with Gasteiger partial charge in [0.05, 0.1) is 17.6 Å². The fourth-order valence-electron chi connectivity index (χ4n) is 2.31. The van der Waals surface area contributed by atoms with E-state index in [9.17, 15) is 9.18 Å². The van der Waals surface area contributed by atoms with Gasteiger partial charge in [-0.15, -0.1) is 16.8 Å². The minimum Gasteiger partial charge on any atom is -0.483 e. The van der Waals surface area contributed by atoms with Crippen LogP contribution in [0.3, 0.4) is 0 Å². The number of hydrogen-bond acceptors (Lipinski definition) is 6. The molecule has 1 N–H and O–H groups in total. The van der Waals surface area contributed by atoms with E-state index in [1.54, 1.807) is 53.4 Å². The molecular weight excluding hydrogens is 381 g/mol. The minimum absolute atomic E-state index is 0.0458. The number of hydrogen-bond donors (Lipinski definition) is 1. The zero-order valence-corrected chi connectivity index (χ0v) is 15.7. The summed E-state index contributed by atoms with van der Waals surface area (Å²) in [5, 5.41) is 11.5. The summed E-state index contributed by atoms with van der Waals surface area (Å²) >= 11 is 1.24. The topological polar surface area (TPSA) is 81.9 Å². The van der Waals surface area contributed by atoms with Gasteiger partial charge in [0.25, 0.3) is 0 Å². The second-order valence-corrected chi connectivity index (χ2v) is 6.54. The molecule has 0 bridgehead atoms. The zero-order valence-electron chi connectivity index (χ0n) is 14.9. The van der Waals surface area contributed by atoms with Crippen molar-refractivity contribution in [2.45, 2.75) is 18.3 Å². The second kappa shape index (κ2) is 9.65. The first kappa shape index (κ1) is 19.6. The maximum atomic E-state index is 13.7. The number of aromatic nitrogens is 4. The van der Waals surface area contributed by atoms with Crippen LogP contribution in [0.2, 0.25) is 0 Å². The van der Waals surface area contributed by atoms with Gasteiger partial charge in [-0.2, -0.15) is 0 Å². The van der Waals surface area contributed by atoms with Crippen LogP contribution in [-0.2, 0) is 17.9 Å². The molecule has 2 heterocycles. The molecular formula is C19H18FN5O2S. The van der Waals surface area contributed by atoms with Gasteiger partial charge in [0.2, 0.25) is 5.91 Å². The Morgan fingerprint density at radius 2 is 2.14 bits per heavy atom. The average Bonchev–Trinajstić information content (AvgIpc) is 3.08. The Labute approximate surface area is 165 Å². The molecule has 0 atom stereocenters. The van der Waals surface area contributed by atoms with E-state index in [4.69, 9.17) is 4.74 Å². The van der Waals surface area contributed by atoms with Gasteiger partial charge < -0.3 is 10.1 Å². The van der Waals surface area contributed by atoms with Crippen molar-refractivity contribution in [3.63, 3.8) is 0 Å². The first-order valence-electron chi connectivity index (χ1n) is 8.40. The number of halogens is 1. The lowest BCUT2D eigenvalue weighted by atomic mass is 10.3. The minimum atomic E-state index is -0.445. The van der Waals surface area contributed by atoms with Gasteiger partial charge >= 0.3 is 0 Å². The van der Waals surface area contributed by atoms with Crippen molar-refractivity contribution in [3.8, 4) is 5.75 Å². The number of carbonyl (C=O) groups is 1. The van der Waals surface area contributed by atoms with Crippen LogP contribution < -0.4 is 10.1 Å². The summed E-state index contributed by atoms with van der Waals surface area (Å²) < 4.78 is 21.0. The van der Waals surface area contributed by atoms with Crippen LogP contribution in [0, 0.1) is 5.82 Å². The van der Waals surface area contributed by atoms with Crippen LogP contribution >= 0.6 is 11.8 Å². The maximum absolute atomic E-state index is 13.7. The number of pyridine rings is 1. The molecule has 144 valence electrons. The molecule has 0 aliphatic carbocycles. The largest absolute Gasteiger partial charge is 0.483 e. The SMILES string of the molecule is C=CCn1c(COc2ccccc2F)nnc1SCC(=O)Nc1cccnc1. The highest BCUT2D eigenvalue weighted by Gasteiger charge is 2.15. The van der Waals surface area contributed by atoms with E-state index in [0.29, 0.717) is 23.2 Å². The molecule has 3 aromatic rings. The number of benzene rings is 1. The summed E-state index contributed by atoms with van der Waals surface area (Å²) in [6.45, 7) is 4.21. The Kier molecular flexibility index (Phi) is 6.74. The summed E-state index contributed by atoms with van der Waals surface area (Å²) in [6.07, 6.45) is 4.89. The summed E-state index contributed by atoms with van der Waals surface area (Å²) in [6, 6.07) is 9.65. The van der Waals surface area contributed by atoms with Gasteiger partial charge in [-0.1, -0.05) is 30.0 Å². The predicted molar refractivity (Wildman–Crippen MR) is 105 cm³/mol. The lowest BCUT2D eigenvalue weighted by molar-refractivity contribution is -0.113. The standard InChI is InChI=1S/C19H18FN5O2S/c1-2-10-25-17(12-27-16-8-4-3-7-15(16)20)23-24-19(25)28-13-18(26)22-14-6-5-9-21-11-14/h2-9,11H,1,10,12-13H2,(H,22,26). The molecule has 0 aliphatic rings. The molecule has 1 aromatic carbocycles. The van der Waals surface area contributed by atoms with Crippen molar-refractivity contribution in [1.29, 1.82) is 0 Å². The smallest absolute Gasteiger partial charge is 0.234 e. The van der Waals surface area contributed by atoms with E-state index >= 15 is 0 Å². The monoisotopic (exact) mass is 399 g/mol. The molecule has 0 saturated heterocycles. The van der Waals surface area contributed by atoms with Gasteiger partial charge in [0.15, 0.2) is 22.5 Å². The Morgan fingerprint density at radius 1 is 1.29 bits per heavy atom. The highest BCUT2D eigenvalue weighted by atomic mass is 32.2. The molecule has 0 spiro atoms. The average molecular weight is 399 g/mol. The van der Waals surface area contributed by atoms with Crippen LogP contribution in [0.15, 0.2) is 66.6 Å². The number of carbonyl (C=O) groups excluding carboxylic acids is 1. The predicted octanol–water partition coefficient (Wildman–Crippen LogP) is 3.31. The summed E-state index contributed by atoms with van der Waals surface area (Å²) in [5.41, 5.74) is 0.625. The quantitative estimate of drug-likeness (QED) is 0.439. The lowest BCUT2D eigenvalue weighted by Crippen LogP contribution is -2.15. The second-order valence-electron chi connectivity index (χ2n) is 5.60. The first-order chi connectivity index (χ1) is 13.7. The molecule has 0 radical (unpaired) electrons. The van der Waals surface area contributed by atoms with Crippen LogP contribution in [0.1, 0.15) is 5.82 Å². The van der Waals surface area contributed by atoms with Crippen LogP contribution in [0.4, 0.5) is 10.1 Å². The van der Waals surface area contributed by atoms with Gasteiger partial charge in [-0.05, 0) is 24.3 Å². The number of nitrogens with zero attached hydrogens (tertiary/aromatic N) is 4. The van der Waals surface area contributed by atoms with Crippen LogP contribution in [0.25, 0.3) is 0 Å². The third-order valence-corrected chi connectivity index (χ3v) is 4.54. The number of nitrogens with one attached hydrogen (secondary N) is 1. The molecule has 1 amide bonds. The van der Waals surface area contributed by atoms with Crippen molar-refractivity contribution >= 4 is 23.4 Å². The van der Waals surface area contributed by atoms with Crippen molar-refractivity contribution in [2.75, 3.05) is 11.1 Å². The van der Waals surface area contributed by atoms with E-state index in [1.807, 2.05) is 0 Å². The van der Waals surface area contributed by atoms with E-state index in [1.165, 1.54) is 17.8 Å². The van der Waals surface area contributed by atoms with E-state index in [0.717, 1.165) is 0 Å². The van der Waals surface area contributed by atoms with E-state index in [-0.39, 0.29) is 24.0 Å². The Bertz CT molecular complexity index is 949. The number of amides is 1. The third kappa shape index (κ3) is 5.17. The normalized spacial score (nSPS) is 10.5. The highest BCUT2D eigenvalue weighted by Crippen LogP contribution is 2.20. The summed E-state index contributed by atoms with van der Waals surface area (Å²) in [5.74, 6) is 0.173. The number of rotatable bonds is 9. The fraction of sp³-hybridized carbons (Fsp3) is 0.158. The molecule has 2 aromatic heterocycles. The molecule has 0 saturated carbocycles. The van der Waals surface area contributed by atoms with Crippen molar-refractivity contribution in [2.24, 2.45) is 0 Å². The van der Waals surface area contributed by atoms with Crippen molar-refractivity contribution in [1.82, 2.24) is 19.7 Å². The van der Waals surface area contributed by atoms with Gasteiger partial charge in [-0.3, -0.25) is 14.3 Å². The zero-order chi connectivity index (χ0) is 19.8. The molecule has 7 nitrogen and oxygen atoms in total. The molecule has 0 aliphatic heterocycles. The van der Waals surface area contributed by atoms with Gasteiger partial charge in [0.1, 0.15) is 6.61 Å². The van der Waals surface area contributed by atoms with E-state index in [2.05, 4.69) is 27.1 Å². The molecule has 9 heteroatoms. The molecule has 0 unspecified atom stereocenters. The van der Waals surface area contributed by atoms with Gasteiger partial charge in [0, 0.05) is 12.7 Å². The number of anilines is 1. The maximum Gasteiger partial charge on any atom is 0.234 e. The van der Waals surface area contributed by atoms with Crippen molar-refractivity contribution < 1.29 is 13.9 Å². The van der Waals surface area contributed by atoms with E-state index < -0.39 is 5.82 Å². The van der Waals surface area contributed by atoms with Crippen LogP contribution in [-0.4, -0.2) is 31.4 Å². The highest BCUT2D eigenvalue weighted by molar-refractivity contribution is 7.99. The van der Waals surface area contributed by atoms with Gasteiger partial charge in [-0.25, -0.2) is 4.39 Å². The van der Waals surface area contributed by atoms with Crippen molar-refractivity contribution in [3.05, 3.63) is 73.1 Å². The lowest BCUT2D eigenvalue weighted by Gasteiger charge is -2.09. The molecule has 0 fully saturated rings. The Morgan fingerprint density at radius 3 is 2.89 bits per heavy atom. The fourth-order valence-corrected chi connectivity index (χ4v) is 3.08. The number of para-hydroxylation sites is 1. The number of thioether (sulfide) groups is 1.